The summed E-state index contributed by atoms with van der Waals surface area (Å²) in [6.45, 7) is 4.78. The van der Waals surface area contributed by atoms with Gasteiger partial charge >= 0.3 is 0 Å². The predicted molar refractivity (Wildman–Crippen MR) is 119 cm³/mol. The first kappa shape index (κ1) is 19.1. The molecule has 1 aromatic carbocycles. The van der Waals surface area contributed by atoms with Gasteiger partial charge in [-0.25, -0.2) is 9.97 Å². The van der Waals surface area contributed by atoms with Crippen LogP contribution in [-0.2, 0) is 6.54 Å². The Balaban J connectivity index is 0.00000171. The van der Waals surface area contributed by atoms with E-state index in [1.165, 1.54) is 5.56 Å². The minimum atomic E-state index is -0.196. The number of nitrogens with zero attached hydrogens (tertiary/aromatic N) is 4. The third kappa shape index (κ3) is 4.60. The number of carbonyl (C=O) groups excluding carboxylic acids is 1. The van der Waals surface area contributed by atoms with Crippen molar-refractivity contribution in [1.29, 1.82) is 0 Å². The highest BCUT2D eigenvalue weighted by Crippen LogP contribution is 2.18. The van der Waals surface area contributed by atoms with E-state index >= 15 is 0 Å². The molecule has 2 aromatic heterocycles. The molecule has 152 valence electrons. The van der Waals surface area contributed by atoms with Crippen molar-refractivity contribution in [3.63, 3.8) is 0 Å². The van der Waals surface area contributed by atoms with Crippen molar-refractivity contribution in [2.24, 2.45) is 0 Å². The van der Waals surface area contributed by atoms with Crippen molar-refractivity contribution in [1.82, 2.24) is 14.9 Å². The van der Waals surface area contributed by atoms with Crippen LogP contribution in [0.5, 0.6) is 0 Å². The molecular weight excluding hydrogens is 362 g/mol. The maximum atomic E-state index is 12.8. The summed E-state index contributed by atoms with van der Waals surface area (Å²) < 4.78 is 0. The summed E-state index contributed by atoms with van der Waals surface area (Å²) in [5.74, 6) is 0.869. The summed E-state index contributed by atoms with van der Waals surface area (Å²) in [6, 6.07) is 19.5. The van der Waals surface area contributed by atoms with Crippen LogP contribution in [0.1, 0.15) is 30.9 Å². The Bertz CT molecular complexity index is 986. The van der Waals surface area contributed by atoms with Gasteiger partial charge in [0.05, 0.1) is 5.56 Å². The van der Waals surface area contributed by atoms with E-state index in [1.807, 2.05) is 18.2 Å². The van der Waals surface area contributed by atoms with Gasteiger partial charge in [-0.1, -0.05) is 36.4 Å². The molecule has 1 aliphatic rings. The van der Waals surface area contributed by atoms with Gasteiger partial charge in [-0.05, 0) is 36.2 Å². The van der Waals surface area contributed by atoms with E-state index in [4.69, 9.17) is 5.73 Å². The van der Waals surface area contributed by atoms with Crippen LogP contribution in [0.25, 0.3) is 0 Å². The fraction of sp³-hybridized carbons (Fsp3) is 0.261. The number of carbonyl (C=O) groups is 1. The van der Waals surface area contributed by atoms with Gasteiger partial charge in [0.15, 0.2) is 0 Å². The predicted octanol–water partition coefficient (Wildman–Crippen LogP) is 3.49. The van der Waals surface area contributed by atoms with Crippen molar-refractivity contribution in [3.05, 3.63) is 83.7 Å². The zero-order valence-electron chi connectivity index (χ0n) is 16.4. The van der Waals surface area contributed by atoms with Gasteiger partial charge < -0.3 is 10.6 Å². The molecule has 6 heteroatoms. The van der Waals surface area contributed by atoms with E-state index in [0.717, 1.165) is 45.0 Å². The number of nitrogens with two attached hydrogens (primary N) is 1. The lowest BCUT2D eigenvalue weighted by atomic mass is 10.1. The Labute approximate surface area is 174 Å². The quantitative estimate of drug-likeness (QED) is 0.671. The van der Waals surface area contributed by atoms with E-state index < -0.39 is 0 Å². The average Bonchev–Trinajstić information content (AvgIpc) is 3.00. The number of ketones is 1. The summed E-state index contributed by atoms with van der Waals surface area (Å²) >= 11 is 0. The van der Waals surface area contributed by atoms with Gasteiger partial charge in [0.2, 0.25) is 5.78 Å². The van der Waals surface area contributed by atoms with E-state index in [1.54, 1.807) is 24.4 Å². The molecule has 2 N–H and O–H groups in total. The molecule has 0 bridgehead atoms. The first-order valence-electron chi connectivity index (χ1n) is 9.94. The van der Waals surface area contributed by atoms with Gasteiger partial charge in [0.1, 0.15) is 17.3 Å². The molecule has 0 radical (unpaired) electrons. The van der Waals surface area contributed by atoms with Crippen molar-refractivity contribution in [3.8, 4) is 0 Å². The lowest BCUT2D eigenvalue weighted by Crippen LogP contribution is -2.31. The van der Waals surface area contributed by atoms with Crippen molar-refractivity contribution < 1.29 is 7.65 Å². The molecule has 0 atom stereocenters. The van der Waals surface area contributed by atoms with E-state index in [2.05, 4.69) is 44.0 Å². The van der Waals surface area contributed by atoms with E-state index in [0.29, 0.717) is 11.3 Å². The number of aromatic nitrogens is 2. The average molecular weight is 392 g/mol. The highest BCUT2D eigenvalue weighted by molar-refractivity contribution is 6.10. The van der Waals surface area contributed by atoms with Crippen LogP contribution in [-0.4, -0.2) is 46.8 Å². The summed E-state index contributed by atoms with van der Waals surface area (Å²) in [4.78, 5) is 26.2. The molecule has 3 aromatic rings. The van der Waals surface area contributed by atoms with Gasteiger partial charge in [-0.15, -0.1) is 0 Å². The summed E-state index contributed by atoms with van der Waals surface area (Å²) in [5.41, 5.74) is 7.98. The zero-order chi connectivity index (χ0) is 20.1. The fourth-order valence-corrected chi connectivity index (χ4v) is 3.67. The maximum absolute atomic E-state index is 12.8. The van der Waals surface area contributed by atoms with E-state index in [9.17, 15) is 4.79 Å². The van der Waals surface area contributed by atoms with Crippen LogP contribution in [0.15, 0.2) is 66.9 Å². The molecule has 0 unspecified atom stereocenters. The molecule has 1 saturated heterocycles. The molecule has 0 spiro atoms. The monoisotopic (exact) mass is 391 g/mol. The number of benzene rings is 1. The second kappa shape index (κ2) is 8.84. The Kier molecular flexibility index (Phi) is 5.81. The molecule has 4 rings (SSSR count). The SMILES string of the molecule is Nc1ncccc1C(=O)c1cccc(N2CCCN(Cc3ccccc3)CC2)n1.[HH].[HH]. The van der Waals surface area contributed by atoms with Crippen molar-refractivity contribution >= 4 is 17.4 Å². The normalized spacial score (nSPS) is 15.1. The molecule has 3 heterocycles. The summed E-state index contributed by atoms with van der Waals surface area (Å²) in [7, 11) is 0. The first-order chi connectivity index (χ1) is 14.2. The van der Waals surface area contributed by atoms with Crippen LogP contribution in [0.4, 0.5) is 11.6 Å². The fourth-order valence-electron chi connectivity index (χ4n) is 3.67. The smallest absolute Gasteiger partial charge is 0.215 e. The van der Waals surface area contributed by atoms with Crippen LogP contribution < -0.4 is 10.6 Å². The summed E-state index contributed by atoms with van der Waals surface area (Å²) in [5, 5.41) is 0. The standard InChI is InChI=1S/C23H25N5O.2H2/c24-23-19(9-5-12-25-23)22(29)20-10-4-11-21(26-20)28-14-6-13-27(15-16-28)17-18-7-2-1-3-8-18;;/h1-5,7-12H,6,13-17H2,(H2,24,25);2*1H. The molecule has 0 amide bonds. The molecule has 1 aliphatic heterocycles. The van der Waals surface area contributed by atoms with Crippen LogP contribution in [0.2, 0.25) is 0 Å². The number of pyridine rings is 2. The van der Waals surface area contributed by atoms with Gasteiger partial charge in [0.25, 0.3) is 0 Å². The highest BCUT2D eigenvalue weighted by atomic mass is 16.1. The number of hydrogen-bond donors (Lipinski definition) is 1. The molecular formula is C23H29N5O. The Morgan fingerprint density at radius 3 is 2.66 bits per heavy atom. The minimum Gasteiger partial charge on any atom is -0.383 e. The summed E-state index contributed by atoms with van der Waals surface area (Å²) in [6.07, 6.45) is 2.64. The molecule has 0 aliphatic carbocycles. The Morgan fingerprint density at radius 2 is 1.83 bits per heavy atom. The molecule has 6 nitrogen and oxygen atoms in total. The van der Waals surface area contributed by atoms with Crippen molar-refractivity contribution in [2.75, 3.05) is 36.8 Å². The second-order valence-corrected chi connectivity index (χ2v) is 7.25. The topological polar surface area (TPSA) is 75.3 Å². The lowest BCUT2D eigenvalue weighted by Gasteiger charge is -2.23. The Morgan fingerprint density at radius 1 is 0.966 bits per heavy atom. The van der Waals surface area contributed by atoms with Gasteiger partial charge in [0, 0.05) is 41.8 Å². The zero-order valence-corrected chi connectivity index (χ0v) is 16.4. The highest BCUT2D eigenvalue weighted by Gasteiger charge is 2.19. The Hall–Kier alpha value is -3.25. The maximum Gasteiger partial charge on any atom is 0.215 e. The molecule has 29 heavy (non-hydrogen) atoms. The van der Waals surface area contributed by atoms with Crippen molar-refractivity contribution in [2.45, 2.75) is 13.0 Å². The minimum absolute atomic E-state index is 0. The van der Waals surface area contributed by atoms with Gasteiger partial charge in [-0.2, -0.15) is 0 Å². The number of hydrogen-bond acceptors (Lipinski definition) is 6. The third-order valence-corrected chi connectivity index (χ3v) is 5.21. The molecule has 0 saturated carbocycles. The molecule has 1 fully saturated rings. The number of nitrogen functional groups attached to an aromatic ring is 1. The first-order valence-corrected chi connectivity index (χ1v) is 9.94. The largest absolute Gasteiger partial charge is 0.383 e. The van der Waals surface area contributed by atoms with Crippen LogP contribution in [0.3, 0.4) is 0 Å². The van der Waals surface area contributed by atoms with E-state index in [-0.39, 0.29) is 14.5 Å². The van der Waals surface area contributed by atoms with Crippen LogP contribution >= 0.6 is 0 Å². The lowest BCUT2D eigenvalue weighted by molar-refractivity contribution is 0.103. The third-order valence-electron chi connectivity index (χ3n) is 5.21. The van der Waals surface area contributed by atoms with Gasteiger partial charge in [-0.3, -0.25) is 9.69 Å². The number of anilines is 2. The number of rotatable bonds is 5. The second-order valence-electron chi connectivity index (χ2n) is 7.25. The van der Waals surface area contributed by atoms with Crippen LogP contribution in [0, 0.1) is 0 Å².